The van der Waals surface area contributed by atoms with Crippen molar-refractivity contribution in [2.45, 2.75) is 38.8 Å². The van der Waals surface area contributed by atoms with E-state index >= 15 is 0 Å². The molecule has 1 aliphatic rings. The molecule has 0 amide bonds. The average molecular weight is 338 g/mol. The van der Waals surface area contributed by atoms with E-state index in [2.05, 4.69) is 24.8 Å². The molecule has 0 aromatic heterocycles. The maximum Gasteiger partial charge on any atom is 0.0595 e. The fraction of sp³-hybridized carbons (Fsp3) is 0.600. The summed E-state index contributed by atoms with van der Waals surface area (Å²) >= 11 is 12.1. The lowest BCUT2D eigenvalue weighted by atomic mass is 9.90. The molecule has 0 spiro atoms. The predicted octanol–water partition coefficient (Wildman–Crippen LogP) is 4.54. The summed E-state index contributed by atoms with van der Waals surface area (Å²) in [5, 5.41) is 1.25. The molecular weight excluding hydrogens is 315 g/mol. The van der Waals surface area contributed by atoms with Gasteiger partial charge in [0.25, 0.3) is 0 Å². The summed E-state index contributed by atoms with van der Waals surface area (Å²) in [4.78, 5) is 2.50. The monoisotopic (exact) mass is 336 g/mol. The smallest absolute Gasteiger partial charge is 0.0595 e. The first-order chi connectivity index (χ1) is 8.99. The van der Waals surface area contributed by atoms with Gasteiger partial charge in [0.2, 0.25) is 0 Å². The average Bonchev–Trinajstić information content (AvgIpc) is 2.41. The topological polar surface area (TPSA) is 29.3 Å². The van der Waals surface area contributed by atoms with Crippen LogP contribution in [0.3, 0.4) is 0 Å². The van der Waals surface area contributed by atoms with Gasteiger partial charge in [0, 0.05) is 18.6 Å². The van der Waals surface area contributed by atoms with Gasteiger partial charge in [-0.2, -0.15) is 0 Å². The summed E-state index contributed by atoms with van der Waals surface area (Å²) in [6, 6.07) is 6.54. The molecule has 1 aromatic rings. The van der Waals surface area contributed by atoms with Gasteiger partial charge in [0.15, 0.2) is 0 Å². The molecule has 20 heavy (non-hydrogen) atoms. The second-order valence-electron chi connectivity index (χ2n) is 5.61. The minimum Gasteiger partial charge on any atom is -0.328 e. The van der Waals surface area contributed by atoms with Crippen molar-refractivity contribution in [2.75, 3.05) is 13.1 Å². The van der Waals surface area contributed by atoms with Crippen molar-refractivity contribution in [2.24, 2.45) is 11.7 Å². The number of halogens is 3. The molecule has 114 valence electrons. The van der Waals surface area contributed by atoms with Crippen LogP contribution >= 0.6 is 35.6 Å². The van der Waals surface area contributed by atoms with Crippen LogP contribution in [0, 0.1) is 5.92 Å². The highest BCUT2D eigenvalue weighted by molar-refractivity contribution is 6.42. The minimum atomic E-state index is 0. The van der Waals surface area contributed by atoms with E-state index in [9.17, 15) is 0 Å². The molecule has 1 saturated heterocycles. The zero-order chi connectivity index (χ0) is 14.0. The van der Waals surface area contributed by atoms with E-state index < -0.39 is 0 Å². The first kappa shape index (κ1) is 18.1. The first-order valence-electron chi connectivity index (χ1n) is 6.93. The van der Waals surface area contributed by atoms with Crippen LogP contribution < -0.4 is 5.73 Å². The summed E-state index contributed by atoms with van der Waals surface area (Å²) in [6.07, 6.45) is 2.46. The molecule has 1 fully saturated rings. The van der Waals surface area contributed by atoms with Gasteiger partial charge in [-0.3, -0.25) is 4.90 Å². The van der Waals surface area contributed by atoms with Crippen LogP contribution in [0.25, 0.3) is 0 Å². The van der Waals surface area contributed by atoms with Crippen LogP contribution in [0.2, 0.25) is 10.0 Å². The molecule has 2 nitrogen and oxygen atoms in total. The zero-order valence-electron chi connectivity index (χ0n) is 12.0. The third-order valence-electron chi connectivity index (χ3n) is 4.21. The van der Waals surface area contributed by atoms with Crippen LogP contribution in [0.5, 0.6) is 0 Å². The Kier molecular flexibility index (Phi) is 7.10. The van der Waals surface area contributed by atoms with Gasteiger partial charge in [-0.15, -0.1) is 12.4 Å². The van der Waals surface area contributed by atoms with E-state index in [0.717, 1.165) is 13.1 Å². The second-order valence-corrected chi connectivity index (χ2v) is 6.42. The zero-order valence-corrected chi connectivity index (χ0v) is 14.3. The highest BCUT2D eigenvalue weighted by Crippen LogP contribution is 2.31. The Morgan fingerprint density at radius 1 is 1.25 bits per heavy atom. The molecule has 0 bridgehead atoms. The van der Waals surface area contributed by atoms with E-state index in [1.807, 2.05) is 12.1 Å². The number of piperidine rings is 1. The number of hydrogen-bond acceptors (Lipinski definition) is 2. The summed E-state index contributed by atoms with van der Waals surface area (Å²) < 4.78 is 0. The quantitative estimate of drug-likeness (QED) is 0.877. The van der Waals surface area contributed by atoms with E-state index in [0.29, 0.717) is 22.0 Å². The van der Waals surface area contributed by atoms with Gasteiger partial charge in [-0.25, -0.2) is 0 Å². The van der Waals surface area contributed by atoms with Crippen LogP contribution in [0.15, 0.2) is 18.2 Å². The molecule has 2 rings (SSSR count). The largest absolute Gasteiger partial charge is 0.328 e. The molecule has 3 unspecified atom stereocenters. The third kappa shape index (κ3) is 4.25. The molecule has 1 aromatic carbocycles. The first-order valence-corrected chi connectivity index (χ1v) is 7.69. The standard InChI is InChI=1S/C15H22Cl2N2.ClH/c1-10(18)13-4-3-7-19(9-13)11(2)12-5-6-14(16)15(17)8-12;/h5-6,8,10-11,13H,3-4,7,9,18H2,1-2H3;1H. The van der Waals surface area contributed by atoms with E-state index in [4.69, 9.17) is 28.9 Å². The lowest BCUT2D eigenvalue weighted by molar-refractivity contribution is 0.121. The van der Waals surface area contributed by atoms with Gasteiger partial charge in [-0.1, -0.05) is 29.3 Å². The summed E-state index contributed by atoms with van der Waals surface area (Å²) in [5.74, 6) is 0.596. The number of hydrogen-bond donors (Lipinski definition) is 1. The number of benzene rings is 1. The minimum absolute atomic E-state index is 0. The van der Waals surface area contributed by atoms with Crippen LogP contribution in [0.1, 0.15) is 38.3 Å². The highest BCUT2D eigenvalue weighted by Gasteiger charge is 2.26. The van der Waals surface area contributed by atoms with Crippen LogP contribution in [0.4, 0.5) is 0 Å². The molecule has 0 aliphatic carbocycles. The maximum absolute atomic E-state index is 6.11. The van der Waals surface area contributed by atoms with Gasteiger partial charge in [0.05, 0.1) is 10.0 Å². The number of nitrogens with two attached hydrogens (primary N) is 1. The summed E-state index contributed by atoms with van der Waals surface area (Å²) in [7, 11) is 0. The van der Waals surface area contributed by atoms with Crippen LogP contribution in [-0.2, 0) is 0 Å². The lowest BCUT2D eigenvalue weighted by Gasteiger charge is -2.38. The summed E-state index contributed by atoms with van der Waals surface area (Å²) in [6.45, 7) is 6.53. The molecule has 5 heteroatoms. The van der Waals surface area contributed by atoms with E-state index in [1.165, 1.54) is 18.4 Å². The highest BCUT2D eigenvalue weighted by atomic mass is 35.5. The van der Waals surface area contributed by atoms with Crippen molar-refractivity contribution >= 4 is 35.6 Å². The van der Waals surface area contributed by atoms with Crippen molar-refractivity contribution < 1.29 is 0 Å². The van der Waals surface area contributed by atoms with Gasteiger partial charge in [0.1, 0.15) is 0 Å². The third-order valence-corrected chi connectivity index (χ3v) is 4.95. The van der Waals surface area contributed by atoms with Crippen molar-refractivity contribution in [3.63, 3.8) is 0 Å². The number of likely N-dealkylation sites (tertiary alicyclic amines) is 1. The van der Waals surface area contributed by atoms with Gasteiger partial charge in [-0.05, 0) is 56.8 Å². The summed E-state index contributed by atoms with van der Waals surface area (Å²) in [5.41, 5.74) is 7.27. The molecule has 2 N–H and O–H groups in total. The maximum atomic E-state index is 6.11. The SMILES string of the molecule is CC(N)C1CCCN(C(C)c2ccc(Cl)c(Cl)c2)C1.Cl. The second kappa shape index (κ2) is 7.86. The van der Waals surface area contributed by atoms with Crippen molar-refractivity contribution in [1.29, 1.82) is 0 Å². The Morgan fingerprint density at radius 2 is 1.95 bits per heavy atom. The Bertz CT molecular complexity index is 437. The van der Waals surface area contributed by atoms with Crippen molar-refractivity contribution in [3.8, 4) is 0 Å². The Morgan fingerprint density at radius 3 is 2.55 bits per heavy atom. The van der Waals surface area contributed by atoms with Crippen molar-refractivity contribution in [3.05, 3.63) is 33.8 Å². The Balaban J connectivity index is 0.00000200. The molecule has 0 saturated carbocycles. The fourth-order valence-electron chi connectivity index (χ4n) is 2.80. The molecule has 0 radical (unpaired) electrons. The Labute approximate surface area is 138 Å². The van der Waals surface area contributed by atoms with Crippen LogP contribution in [-0.4, -0.2) is 24.0 Å². The normalized spacial score (nSPS) is 22.9. The van der Waals surface area contributed by atoms with Gasteiger partial charge >= 0.3 is 0 Å². The molecule has 3 atom stereocenters. The lowest BCUT2D eigenvalue weighted by Crippen LogP contribution is -2.43. The fourth-order valence-corrected chi connectivity index (χ4v) is 3.11. The number of nitrogens with zero attached hydrogens (tertiary/aromatic N) is 1. The molecular formula is C15H23Cl3N2. The van der Waals surface area contributed by atoms with E-state index in [-0.39, 0.29) is 18.4 Å². The van der Waals surface area contributed by atoms with E-state index in [1.54, 1.807) is 0 Å². The number of rotatable bonds is 3. The molecule has 1 aliphatic heterocycles. The molecule has 1 heterocycles. The Hall–Kier alpha value is 0.01000. The van der Waals surface area contributed by atoms with Gasteiger partial charge < -0.3 is 5.73 Å². The van der Waals surface area contributed by atoms with Crippen molar-refractivity contribution in [1.82, 2.24) is 4.90 Å². The predicted molar refractivity (Wildman–Crippen MR) is 90.1 cm³/mol.